The molecule has 17 heavy (non-hydrogen) atoms. The minimum absolute atomic E-state index is 0.118. The van der Waals surface area contributed by atoms with Gasteiger partial charge in [0.25, 0.3) is 5.69 Å². The highest BCUT2D eigenvalue weighted by atomic mass is 16.6. The Kier molecular flexibility index (Phi) is 4.03. The van der Waals surface area contributed by atoms with Gasteiger partial charge < -0.3 is 11.1 Å². The molecule has 0 heterocycles. The molecule has 0 aliphatic carbocycles. The molecule has 0 aromatic heterocycles. The van der Waals surface area contributed by atoms with Gasteiger partial charge in [-0.05, 0) is 17.5 Å². The number of hydrogen-bond donors (Lipinski definition) is 2. The van der Waals surface area contributed by atoms with E-state index in [1.54, 1.807) is 6.07 Å². The summed E-state index contributed by atoms with van der Waals surface area (Å²) < 4.78 is 0. The molecule has 1 aromatic rings. The van der Waals surface area contributed by atoms with Crippen LogP contribution < -0.4 is 11.1 Å². The van der Waals surface area contributed by atoms with Crippen LogP contribution in [-0.2, 0) is 4.79 Å². The van der Waals surface area contributed by atoms with Gasteiger partial charge >= 0.3 is 0 Å². The van der Waals surface area contributed by atoms with Crippen molar-refractivity contribution in [1.29, 1.82) is 0 Å². The van der Waals surface area contributed by atoms with Crippen LogP contribution in [0.25, 0.3) is 0 Å². The van der Waals surface area contributed by atoms with Crippen LogP contribution in [0.3, 0.4) is 0 Å². The van der Waals surface area contributed by atoms with E-state index in [1.165, 1.54) is 12.1 Å². The highest BCUT2D eigenvalue weighted by Crippen LogP contribution is 2.28. The summed E-state index contributed by atoms with van der Waals surface area (Å²) in [5.41, 5.74) is 6.16. The van der Waals surface area contributed by atoms with Gasteiger partial charge in [0.05, 0.1) is 11.0 Å². The zero-order valence-electron chi connectivity index (χ0n) is 9.71. The zero-order chi connectivity index (χ0) is 13.0. The maximum Gasteiger partial charge on any atom is 0.292 e. The van der Waals surface area contributed by atoms with Crippen LogP contribution in [0.15, 0.2) is 18.2 Å². The van der Waals surface area contributed by atoms with E-state index >= 15 is 0 Å². The van der Waals surface area contributed by atoms with Crippen LogP contribution in [0.2, 0.25) is 0 Å². The molecule has 6 heteroatoms. The standard InChI is InChI=1S/C11H15N3O3/c1-7(2)11(13-6-15)8-3-4-9(12)10(5-8)14(16)17/h3-7,11H,12H2,1-2H3,(H,13,15). The largest absolute Gasteiger partial charge is 0.393 e. The van der Waals surface area contributed by atoms with Crippen molar-refractivity contribution in [2.45, 2.75) is 19.9 Å². The fraction of sp³-hybridized carbons (Fsp3) is 0.364. The van der Waals surface area contributed by atoms with E-state index in [0.29, 0.717) is 12.0 Å². The third kappa shape index (κ3) is 2.93. The molecule has 0 bridgehead atoms. The molecule has 1 amide bonds. The Morgan fingerprint density at radius 2 is 2.12 bits per heavy atom. The van der Waals surface area contributed by atoms with Gasteiger partial charge in [0.2, 0.25) is 6.41 Å². The smallest absolute Gasteiger partial charge is 0.292 e. The molecule has 0 aliphatic rings. The first-order valence-electron chi connectivity index (χ1n) is 5.21. The lowest BCUT2D eigenvalue weighted by molar-refractivity contribution is -0.384. The van der Waals surface area contributed by atoms with E-state index in [-0.39, 0.29) is 23.3 Å². The number of carbonyl (C=O) groups is 1. The summed E-state index contributed by atoms with van der Waals surface area (Å²) in [4.78, 5) is 20.7. The Morgan fingerprint density at radius 3 is 2.59 bits per heavy atom. The van der Waals surface area contributed by atoms with Gasteiger partial charge in [-0.3, -0.25) is 14.9 Å². The summed E-state index contributed by atoms with van der Waals surface area (Å²) in [6, 6.07) is 4.31. The van der Waals surface area contributed by atoms with Crippen molar-refractivity contribution >= 4 is 17.8 Å². The zero-order valence-corrected chi connectivity index (χ0v) is 9.71. The summed E-state index contributed by atoms with van der Waals surface area (Å²) in [6.07, 6.45) is 0.590. The minimum atomic E-state index is -0.531. The predicted molar refractivity (Wildman–Crippen MR) is 64.3 cm³/mol. The molecule has 0 radical (unpaired) electrons. The minimum Gasteiger partial charge on any atom is -0.393 e. The highest BCUT2D eigenvalue weighted by Gasteiger charge is 2.19. The number of hydrogen-bond acceptors (Lipinski definition) is 4. The number of nitrogens with one attached hydrogen (secondary N) is 1. The number of anilines is 1. The summed E-state index contributed by atoms with van der Waals surface area (Å²) in [7, 11) is 0. The molecular formula is C11H15N3O3. The first-order valence-corrected chi connectivity index (χ1v) is 5.21. The molecule has 1 rings (SSSR count). The predicted octanol–water partition coefficient (Wildman–Crippen LogP) is 1.62. The fourth-order valence-corrected chi connectivity index (χ4v) is 1.66. The number of carbonyl (C=O) groups excluding carboxylic acids is 1. The first kappa shape index (κ1) is 13.0. The normalized spacial score (nSPS) is 12.2. The van der Waals surface area contributed by atoms with Gasteiger partial charge in [0.1, 0.15) is 5.69 Å². The number of nitro groups is 1. The molecule has 0 spiro atoms. The number of benzene rings is 1. The third-order valence-corrected chi connectivity index (χ3v) is 2.52. The van der Waals surface area contributed by atoms with Crippen LogP contribution in [0.1, 0.15) is 25.5 Å². The molecule has 0 saturated carbocycles. The molecule has 1 unspecified atom stereocenters. The van der Waals surface area contributed by atoms with Gasteiger partial charge in [-0.25, -0.2) is 0 Å². The number of amides is 1. The third-order valence-electron chi connectivity index (χ3n) is 2.52. The van der Waals surface area contributed by atoms with Gasteiger partial charge in [-0.2, -0.15) is 0 Å². The van der Waals surface area contributed by atoms with Crippen LogP contribution in [-0.4, -0.2) is 11.3 Å². The molecule has 0 aliphatic heterocycles. The van der Waals surface area contributed by atoms with E-state index < -0.39 is 4.92 Å². The highest BCUT2D eigenvalue weighted by molar-refractivity contribution is 5.60. The molecule has 1 aromatic carbocycles. The average molecular weight is 237 g/mol. The Hall–Kier alpha value is -2.11. The SMILES string of the molecule is CC(C)C(NC=O)c1ccc(N)c([N+](=O)[O-])c1. The van der Waals surface area contributed by atoms with Crippen molar-refractivity contribution in [2.75, 3.05) is 5.73 Å². The Morgan fingerprint density at radius 1 is 1.47 bits per heavy atom. The summed E-state index contributed by atoms with van der Waals surface area (Å²) in [5.74, 6) is 0.128. The molecule has 3 N–H and O–H groups in total. The van der Waals surface area contributed by atoms with Crippen molar-refractivity contribution < 1.29 is 9.72 Å². The second kappa shape index (κ2) is 5.29. The molecule has 0 fully saturated rings. The lowest BCUT2D eigenvalue weighted by Crippen LogP contribution is -2.24. The monoisotopic (exact) mass is 237 g/mol. The summed E-state index contributed by atoms with van der Waals surface area (Å²) in [5, 5.41) is 13.4. The van der Waals surface area contributed by atoms with E-state index in [9.17, 15) is 14.9 Å². The van der Waals surface area contributed by atoms with Crippen LogP contribution >= 0.6 is 0 Å². The Balaban J connectivity index is 3.16. The van der Waals surface area contributed by atoms with Crippen molar-refractivity contribution in [2.24, 2.45) is 5.92 Å². The molecular weight excluding hydrogens is 222 g/mol. The van der Waals surface area contributed by atoms with Gasteiger partial charge in [0.15, 0.2) is 0 Å². The van der Waals surface area contributed by atoms with Crippen LogP contribution in [0.4, 0.5) is 11.4 Å². The van der Waals surface area contributed by atoms with Crippen molar-refractivity contribution in [3.8, 4) is 0 Å². The summed E-state index contributed by atoms with van der Waals surface area (Å²) >= 11 is 0. The van der Waals surface area contributed by atoms with Gasteiger partial charge in [0, 0.05) is 6.07 Å². The molecule has 6 nitrogen and oxygen atoms in total. The maximum absolute atomic E-state index is 10.8. The molecule has 0 saturated heterocycles. The van der Waals surface area contributed by atoms with Gasteiger partial charge in [-0.15, -0.1) is 0 Å². The lowest BCUT2D eigenvalue weighted by Gasteiger charge is -2.20. The first-order chi connectivity index (χ1) is 7.97. The van der Waals surface area contributed by atoms with Crippen molar-refractivity contribution in [3.63, 3.8) is 0 Å². The van der Waals surface area contributed by atoms with Crippen molar-refractivity contribution in [1.82, 2.24) is 5.32 Å². The average Bonchev–Trinajstić information content (AvgIpc) is 2.26. The Labute approximate surface area is 99.0 Å². The fourth-order valence-electron chi connectivity index (χ4n) is 1.66. The number of nitrogens with two attached hydrogens (primary N) is 1. The summed E-state index contributed by atoms with van der Waals surface area (Å²) in [6.45, 7) is 3.84. The topological polar surface area (TPSA) is 98.3 Å². The van der Waals surface area contributed by atoms with Crippen LogP contribution in [0.5, 0.6) is 0 Å². The molecule has 1 atom stereocenters. The molecule has 92 valence electrons. The number of nitrogens with zero attached hydrogens (tertiary/aromatic N) is 1. The van der Waals surface area contributed by atoms with Crippen LogP contribution in [0, 0.1) is 16.0 Å². The number of rotatable bonds is 5. The van der Waals surface area contributed by atoms with E-state index in [2.05, 4.69) is 5.32 Å². The second-order valence-electron chi connectivity index (χ2n) is 4.08. The van der Waals surface area contributed by atoms with E-state index in [0.717, 1.165) is 0 Å². The maximum atomic E-state index is 10.8. The lowest BCUT2D eigenvalue weighted by atomic mass is 9.95. The van der Waals surface area contributed by atoms with E-state index in [1.807, 2.05) is 13.8 Å². The van der Waals surface area contributed by atoms with Crippen molar-refractivity contribution in [3.05, 3.63) is 33.9 Å². The number of nitro benzene ring substituents is 1. The number of nitrogen functional groups attached to an aromatic ring is 1. The van der Waals surface area contributed by atoms with E-state index in [4.69, 9.17) is 5.73 Å². The quantitative estimate of drug-likeness (QED) is 0.352. The Bertz CT molecular complexity index is 432. The van der Waals surface area contributed by atoms with Gasteiger partial charge in [-0.1, -0.05) is 19.9 Å². The second-order valence-corrected chi connectivity index (χ2v) is 4.08.